The molecule has 0 unspecified atom stereocenters. The fourth-order valence-electron chi connectivity index (χ4n) is 6.26. The molecule has 0 spiro atoms. The molecule has 262 valence electrons. The molecule has 2 aliphatic heterocycles. The predicted octanol–water partition coefficient (Wildman–Crippen LogP) is 2.49. The Balaban J connectivity index is 1.46. The van der Waals surface area contributed by atoms with Crippen LogP contribution in [0.3, 0.4) is 0 Å². The Morgan fingerprint density at radius 1 is 0.917 bits per heavy atom. The van der Waals surface area contributed by atoms with Gasteiger partial charge in [-0.15, -0.1) is 0 Å². The summed E-state index contributed by atoms with van der Waals surface area (Å²) in [6, 6.07) is 5.30. The molecule has 4 rings (SSSR count). The van der Waals surface area contributed by atoms with Crippen LogP contribution in [0.15, 0.2) is 45.6 Å². The van der Waals surface area contributed by atoms with E-state index in [1.165, 1.54) is 5.56 Å². The van der Waals surface area contributed by atoms with Gasteiger partial charge in [0.05, 0.1) is 15.5 Å². The number of halogens is 2. The summed E-state index contributed by atoms with van der Waals surface area (Å²) in [5.41, 5.74) is 12.9. The molecule has 3 heterocycles. The van der Waals surface area contributed by atoms with E-state index >= 15 is 0 Å². The van der Waals surface area contributed by atoms with Crippen LogP contribution in [0.1, 0.15) is 62.0 Å². The number of phenols is 1. The SMILES string of the molecule is NCCCC[C@H](NC(=O)[C@H](Cc1cc(Br)c(O)c(Br)c1)NC(=O)N1CCC(NCC(N)=O)CC1)C(=O)N1CCC(c2ccncc2)CC1. The van der Waals surface area contributed by atoms with Gasteiger partial charge in [0.15, 0.2) is 0 Å². The lowest BCUT2D eigenvalue weighted by Gasteiger charge is -2.35. The van der Waals surface area contributed by atoms with Crippen LogP contribution < -0.4 is 27.4 Å². The maximum atomic E-state index is 14.0. The second kappa shape index (κ2) is 18.5. The summed E-state index contributed by atoms with van der Waals surface area (Å²) in [7, 11) is 0. The van der Waals surface area contributed by atoms with Crippen molar-refractivity contribution in [2.75, 3.05) is 39.3 Å². The summed E-state index contributed by atoms with van der Waals surface area (Å²) in [5, 5.41) is 19.2. The van der Waals surface area contributed by atoms with E-state index in [0.29, 0.717) is 85.3 Å². The molecule has 0 radical (unpaired) electrons. The Bertz CT molecular complexity index is 1380. The van der Waals surface area contributed by atoms with Gasteiger partial charge < -0.3 is 42.3 Å². The van der Waals surface area contributed by atoms with Gasteiger partial charge in [0.25, 0.3) is 0 Å². The van der Waals surface area contributed by atoms with Crippen LogP contribution in [0, 0.1) is 0 Å². The Kier molecular flexibility index (Phi) is 14.5. The summed E-state index contributed by atoms with van der Waals surface area (Å²) < 4.78 is 0.876. The van der Waals surface area contributed by atoms with Crippen molar-refractivity contribution < 1.29 is 24.3 Å². The second-order valence-electron chi connectivity index (χ2n) is 12.4. The first-order valence-electron chi connectivity index (χ1n) is 16.5. The lowest BCUT2D eigenvalue weighted by molar-refractivity contribution is -0.138. The maximum Gasteiger partial charge on any atom is 0.318 e. The number of nitrogens with zero attached hydrogens (tertiary/aromatic N) is 3. The van der Waals surface area contributed by atoms with Crippen molar-refractivity contribution in [3.63, 3.8) is 0 Å². The molecule has 0 saturated carbocycles. The van der Waals surface area contributed by atoms with Crippen molar-refractivity contribution in [3.8, 4) is 5.75 Å². The Morgan fingerprint density at radius 2 is 1.54 bits per heavy atom. The van der Waals surface area contributed by atoms with Crippen LogP contribution in [0.4, 0.5) is 4.79 Å². The van der Waals surface area contributed by atoms with E-state index in [0.717, 1.165) is 12.8 Å². The highest BCUT2D eigenvalue weighted by atomic mass is 79.9. The lowest BCUT2D eigenvalue weighted by atomic mass is 9.89. The molecule has 8 N–H and O–H groups in total. The fraction of sp³-hybridized carbons (Fsp3) is 0.545. The number of piperidine rings is 2. The number of unbranched alkanes of at least 4 members (excludes halogenated alkanes) is 1. The number of urea groups is 1. The first-order valence-corrected chi connectivity index (χ1v) is 18.1. The summed E-state index contributed by atoms with van der Waals surface area (Å²) >= 11 is 6.70. The number of likely N-dealkylation sites (tertiary alicyclic amines) is 2. The number of rotatable bonds is 14. The fourth-order valence-corrected chi connectivity index (χ4v) is 7.55. The van der Waals surface area contributed by atoms with Crippen molar-refractivity contribution in [2.45, 2.75) is 75.4 Å². The number of primary amides is 1. The molecule has 2 aromatic rings. The van der Waals surface area contributed by atoms with Gasteiger partial charge in [-0.05, 0) is 125 Å². The third-order valence-corrected chi connectivity index (χ3v) is 10.2. The Hall–Kier alpha value is -3.27. The van der Waals surface area contributed by atoms with Crippen molar-refractivity contribution in [3.05, 3.63) is 56.7 Å². The molecule has 2 fully saturated rings. The number of hydrogen-bond acceptors (Lipinski definition) is 8. The zero-order valence-corrected chi connectivity index (χ0v) is 30.2. The molecule has 2 saturated heterocycles. The average Bonchev–Trinajstić information content (AvgIpc) is 3.09. The molecule has 13 nitrogen and oxygen atoms in total. The highest BCUT2D eigenvalue weighted by molar-refractivity contribution is 9.11. The quantitative estimate of drug-likeness (QED) is 0.157. The van der Waals surface area contributed by atoms with E-state index in [2.05, 4.69) is 52.8 Å². The highest BCUT2D eigenvalue weighted by Crippen LogP contribution is 2.34. The molecule has 1 aromatic heterocycles. The number of hydrogen-bond donors (Lipinski definition) is 6. The molecule has 2 atom stereocenters. The monoisotopic (exact) mass is 792 g/mol. The Labute approximate surface area is 298 Å². The van der Waals surface area contributed by atoms with E-state index in [1.807, 2.05) is 17.0 Å². The zero-order chi connectivity index (χ0) is 34.6. The van der Waals surface area contributed by atoms with Crippen LogP contribution >= 0.6 is 31.9 Å². The van der Waals surface area contributed by atoms with Crippen LogP contribution in [-0.2, 0) is 20.8 Å². The minimum Gasteiger partial charge on any atom is -0.506 e. The molecule has 1 aromatic carbocycles. The number of aromatic hydroxyl groups is 1. The summed E-state index contributed by atoms with van der Waals surface area (Å²) in [6.07, 6.45) is 8.38. The summed E-state index contributed by atoms with van der Waals surface area (Å²) in [5.74, 6) is -0.686. The van der Waals surface area contributed by atoms with E-state index in [4.69, 9.17) is 11.5 Å². The van der Waals surface area contributed by atoms with Crippen LogP contribution in [0.25, 0.3) is 0 Å². The number of phenolic OH excluding ortho intramolecular Hbond substituents is 1. The number of nitrogens with one attached hydrogen (secondary N) is 3. The lowest BCUT2D eigenvalue weighted by Crippen LogP contribution is -2.58. The van der Waals surface area contributed by atoms with E-state index in [1.54, 1.807) is 29.4 Å². The molecular formula is C33H46Br2N8O5. The van der Waals surface area contributed by atoms with E-state index in [9.17, 15) is 24.3 Å². The van der Waals surface area contributed by atoms with Gasteiger partial charge in [0, 0.05) is 51.0 Å². The van der Waals surface area contributed by atoms with Crippen molar-refractivity contribution in [1.29, 1.82) is 0 Å². The average molecular weight is 795 g/mol. The number of aromatic nitrogens is 1. The molecule has 0 bridgehead atoms. The number of pyridine rings is 1. The van der Waals surface area contributed by atoms with Gasteiger partial charge in [0.1, 0.15) is 17.8 Å². The predicted molar refractivity (Wildman–Crippen MR) is 189 cm³/mol. The first-order chi connectivity index (χ1) is 23.0. The number of carbonyl (C=O) groups is 4. The van der Waals surface area contributed by atoms with Crippen molar-refractivity contribution in [2.24, 2.45) is 11.5 Å². The van der Waals surface area contributed by atoms with Crippen LogP contribution in [0.2, 0.25) is 0 Å². The third-order valence-electron chi connectivity index (χ3n) is 9.02. The second-order valence-corrected chi connectivity index (χ2v) is 14.2. The van der Waals surface area contributed by atoms with E-state index < -0.39 is 29.9 Å². The van der Waals surface area contributed by atoms with Gasteiger partial charge >= 0.3 is 6.03 Å². The summed E-state index contributed by atoms with van der Waals surface area (Å²) in [6.45, 7) is 2.57. The van der Waals surface area contributed by atoms with Crippen molar-refractivity contribution in [1.82, 2.24) is 30.7 Å². The van der Waals surface area contributed by atoms with Gasteiger partial charge in [-0.25, -0.2) is 4.79 Å². The number of carbonyl (C=O) groups excluding carboxylic acids is 4. The molecule has 0 aliphatic carbocycles. The number of benzene rings is 1. The van der Waals surface area contributed by atoms with Crippen LogP contribution in [-0.4, -0.2) is 101 Å². The number of nitrogens with two attached hydrogens (primary N) is 2. The standard InChI is InChI=1S/C33H46Br2N8O5/c34-25-17-21(18-26(35)30(25)45)19-28(41-33(48)43-15-8-24(9-16-43)39-20-29(37)44)31(46)40-27(3-1-2-10-36)32(47)42-13-6-23(7-14-42)22-4-11-38-12-5-22/h4-5,11-12,17-18,23-24,27-28,39,45H,1-3,6-10,13-16,19-20,36H2,(H2,37,44)(H,40,46)(H,41,48)/t27-,28-/m0/s1. The smallest absolute Gasteiger partial charge is 0.318 e. The molecule has 48 heavy (non-hydrogen) atoms. The van der Waals surface area contributed by atoms with Gasteiger partial charge in [0.2, 0.25) is 17.7 Å². The normalized spacial score (nSPS) is 17.1. The van der Waals surface area contributed by atoms with Gasteiger partial charge in [-0.2, -0.15) is 0 Å². The molecule has 2 aliphatic rings. The molecule has 5 amide bonds. The first kappa shape index (κ1) is 37.5. The number of amides is 5. The molecular weight excluding hydrogens is 748 g/mol. The largest absolute Gasteiger partial charge is 0.506 e. The third kappa shape index (κ3) is 10.9. The van der Waals surface area contributed by atoms with Gasteiger partial charge in [-0.1, -0.05) is 0 Å². The zero-order valence-electron chi connectivity index (χ0n) is 27.0. The highest BCUT2D eigenvalue weighted by Gasteiger charge is 2.33. The van der Waals surface area contributed by atoms with Gasteiger partial charge in [-0.3, -0.25) is 19.4 Å². The Morgan fingerprint density at radius 3 is 2.15 bits per heavy atom. The summed E-state index contributed by atoms with van der Waals surface area (Å²) in [4.78, 5) is 60.1. The van der Waals surface area contributed by atoms with Crippen molar-refractivity contribution >= 4 is 55.6 Å². The maximum absolute atomic E-state index is 14.0. The van der Waals surface area contributed by atoms with Crippen LogP contribution in [0.5, 0.6) is 5.75 Å². The topological polar surface area (TPSA) is 196 Å². The molecule has 15 heteroatoms. The van der Waals surface area contributed by atoms with E-state index in [-0.39, 0.29) is 30.7 Å². The minimum atomic E-state index is -1.01. The minimum absolute atomic E-state index is 0.0230.